The van der Waals surface area contributed by atoms with Gasteiger partial charge in [-0.25, -0.2) is 0 Å². The van der Waals surface area contributed by atoms with Gasteiger partial charge in [-0.15, -0.1) is 3.89 Å². The zero-order valence-electron chi connectivity index (χ0n) is 12.8. The van der Waals surface area contributed by atoms with Crippen molar-refractivity contribution < 1.29 is 21.8 Å². The van der Waals surface area contributed by atoms with Gasteiger partial charge >= 0.3 is 10.2 Å². The topological polar surface area (TPSA) is 63.7 Å². The van der Waals surface area contributed by atoms with E-state index in [1.165, 1.54) is 4.90 Å². The lowest BCUT2D eigenvalue weighted by atomic mass is 10.1. The quantitative estimate of drug-likeness (QED) is 0.778. The zero-order chi connectivity index (χ0) is 17.2. The van der Waals surface area contributed by atoms with E-state index in [9.17, 15) is 17.1 Å². The molecular weight excluding hydrogens is 333 g/mol. The molecule has 1 amide bonds. The lowest BCUT2D eigenvalue weighted by molar-refractivity contribution is -0.117. The molecule has 1 aliphatic heterocycles. The summed E-state index contributed by atoms with van der Waals surface area (Å²) in [6.07, 6.45) is 0.0208. The summed E-state index contributed by atoms with van der Waals surface area (Å²) in [4.78, 5) is 13.6. The molecule has 0 aromatic heterocycles. The van der Waals surface area contributed by atoms with Crippen molar-refractivity contribution >= 4 is 21.8 Å². The Hall–Kier alpha value is -2.41. The van der Waals surface area contributed by atoms with Crippen LogP contribution in [0.1, 0.15) is 6.42 Å². The van der Waals surface area contributed by atoms with E-state index >= 15 is 0 Å². The minimum absolute atomic E-state index is 0.0208. The molecule has 0 N–H and O–H groups in total. The summed E-state index contributed by atoms with van der Waals surface area (Å²) in [5.41, 5.74) is 0.604. The molecule has 1 saturated heterocycles. The summed E-state index contributed by atoms with van der Waals surface area (Å²) in [5, 5.41) is 0. The summed E-state index contributed by atoms with van der Waals surface area (Å²) in [6, 6.07) is 16.2. The maximum Gasteiger partial charge on any atom is 0.302 e. The van der Waals surface area contributed by atoms with Crippen LogP contribution in [-0.2, 0) is 15.0 Å². The first-order chi connectivity index (χ1) is 11.4. The van der Waals surface area contributed by atoms with E-state index in [4.69, 9.17) is 4.74 Å². The van der Waals surface area contributed by atoms with Crippen molar-refractivity contribution in [1.82, 2.24) is 0 Å². The average Bonchev–Trinajstić information content (AvgIpc) is 2.87. The number of anilines is 1. The third-order valence-corrected chi connectivity index (χ3v) is 4.62. The van der Waals surface area contributed by atoms with E-state index in [0.29, 0.717) is 17.2 Å². The molecule has 3 rings (SSSR count). The number of ether oxygens (including phenoxy) is 1. The molecule has 0 aliphatic carbocycles. The second-order valence-electron chi connectivity index (χ2n) is 5.69. The van der Waals surface area contributed by atoms with Gasteiger partial charge < -0.3 is 9.64 Å². The van der Waals surface area contributed by atoms with Crippen LogP contribution in [0.25, 0.3) is 0 Å². The molecule has 1 unspecified atom stereocenters. The Labute approximate surface area is 139 Å². The Morgan fingerprint density at radius 2 is 1.79 bits per heavy atom. The van der Waals surface area contributed by atoms with Crippen molar-refractivity contribution in [2.24, 2.45) is 5.92 Å². The molecule has 126 valence electrons. The average molecular weight is 349 g/mol. The van der Waals surface area contributed by atoms with Gasteiger partial charge in [-0.1, -0.05) is 24.3 Å². The second-order valence-corrected chi connectivity index (χ2v) is 7.10. The third-order valence-electron chi connectivity index (χ3n) is 3.75. The molecule has 1 fully saturated rings. The standard InChI is InChI=1S/C17H16FNO4S/c18-24(21,22)12-13-9-17(20)19(11-13)14-5-4-8-16(10-14)23-15-6-2-1-3-7-15/h1-8,10,13H,9,11-12H2. The van der Waals surface area contributed by atoms with Crippen LogP contribution < -0.4 is 9.64 Å². The lowest BCUT2D eigenvalue weighted by Crippen LogP contribution is -2.25. The van der Waals surface area contributed by atoms with Gasteiger partial charge in [0.2, 0.25) is 5.91 Å². The number of rotatable bonds is 5. The molecular formula is C17H16FNO4S. The molecule has 24 heavy (non-hydrogen) atoms. The van der Waals surface area contributed by atoms with Crippen LogP contribution in [0.5, 0.6) is 11.5 Å². The van der Waals surface area contributed by atoms with Gasteiger partial charge in [-0.05, 0) is 24.3 Å². The highest BCUT2D eigenvalue weighted by atomic mass is 32.3. The Balaban J connectivity index is 1.75. The minimum Gasteiger partial charge on any atom is -0.457 e. The number of halogens is 1. The van der Waals surface area contributed by atoms with E-state index in [1.54, 1.807) is 24.3 Å². The van der Waals surface area contributed by atoms with Crippen LogP contribution in [0.3, 0.4) is 0 Å². The molecule has 0 saturated carbocycles. The highest BCUT2D eigenvalue weighted by Crippen LogP contribution is 2.30. The SMILES string of the molecule is O=C1CC(CS(=O)(=O)F)CN1c1cccc(Oc2ccccc2)c1. The monoisotopic (exact) mass is 349 g/mol. The molecule has 0 spiro atoms. The molecule has 0 radical (unpaired) electrons. The fourth-order valence-electron chi connectivity index (χ4n) is 2.76. The lowest BCUT2D eigenvalue weighted by Gasteiger charge is -2.17. The number of nitrogens with zero attached hydrogens (tertiary/aromatic N) is 1. The van der Waals surface area contributed by atoms with Crippen LogP contribution in [0.15, 0.2) is 54.6 Å². The summed E-state index contributed by atoms with van der Waals surface area (Å²) in [5.74, 6) is -0.154. The predicted molar refractivity (Wildman–Crippen MR) is 88.3 cm³/mol. The summed E-state index contributed by atoms with van der Waals surface area (Å²) in [7, 11) is -4.59. The maximum absolute atomic E-state index is 12.8. The summed E-state index contributed by atoms with van der Waals surface area (Å²) in [6.45, 7) is 0.177. The van der Waals surface area contributed by atoms with E-state index in [2.05, 4.69) is 0 Å². The molecule has 1 heterocycles. The largest absolute Gasteiger partial charge is 0.457 e. The molecule has 5 nitrogen and oxygen atoms in total. The first kappa shape index (κ1) is 16.4. The number of amides is 1. The van der Waals surface area contributed by atoms with Crippen molar-refractivity contribution in [2.45, 2.75) is 6.42 Å². The fourth-order valence-corrected chi connectivity index (χ4v) is 3.55. The van der Waals surface area contributed by atoms with Crippen molar-refractivity contribution in [2.75, 3.05) is 17.2 Å². The Kier molecular flexibility index (Phi) is 4.53. The van der Waals surface area contributed by atoms with E-state index in [0.717, 1.165) is 0 Å². The summed E-state index contributed by atoms with van der Waals surface area (Å²) >= 11 is 0. The first-order valence-corrected chi connectivity index (χ1v) is 9.02. The van der Waals surface area contributed by atoms with Crippen molar-refractivity contribution in [3.63, 3.8) is 0 Å². The number of carbonyl (C=O) groups excluding carboxylic acids is 1. The van der Waals surface area contributed by atoms with Crippen molar-refractivity contribution in [1.29, 1.82) is 0 Å². The molecule has 7 heteroatoms. The van der Waals surface area contributed by atoms with Gasteiger partial charge in [0.25, 0.3) is 0 Å². The Morgan fingerprint density at radius 3 is 2.50 bits per heavy atom. The summed E-state index contributed by atoms with van der Waals surface area (Å²) < 4.78 is 40.1. The highest BCUT2D eigenvalue weighted by molar-refractivity contribution is 7.86. The van der Waals surface area contributed by atoms with E-state index in [-0.39, 0.29) is 18.9 Å². The van der Waals surface area contributed by atoms with E-state index in [1.807, 2.05) is 30.3 Å². The number of hydrogen-bond donors (Lipinski definition) is 0. The van der Waals surface area contributed by atoms with Gasteiger partial charge in [0.15, 0.2) is 0 Å². The number of para-hydroxylation sites is 1. The molecule has 2 aromatic rings. The second kappa shape index (κ2) is 6.60. The number of benzene rings is 2. The smallest absolute Gasteiger partial charge is 0.302 e. The van der Waals surface area contributed by atoms with Gasteiger partial charge in [0.1, 0.15) is 11.5 Å². The van der Waals surface area contributed by atoms with Gasteiger partial charge in [0, 0.05) is 30.6 Å². The minimum atomic E-state index is -4.59. The van der Waals surface area contributed by atoms with Crippen LogP contribution in [0, 0.1) is 5.92 Å². The van der Waals surface area contributed by atoms with Crippen LogP contribution in [-0.4, -0.2) is 26.6 Å². The van der Waals surface area contributed by atoms with Crippen LogP contribution in [0.2, 0.25) is 0 Å². The third kappa shape index (κ3) is 4.11. The molecule has 0 bridgehead atoms. The molecule has 1 aliphatic rings. The highest BCUT2D eigenvalue weighted by Gasteiger charge is 2.33. The fraction of sp³-hybridized carbons (Fsp3) is 0.235. The number of carbonyl (C=O) groups is 1. The molecule has 1 atom stereocenters. The van der Waals surface area contributed by atoms with Crippen molar-refractivity contribution in [3.05, 3.63) is 54.6 Å². The molecule has 2 aromatic carbocycles. The Bertz CT molecular complexity index is 839. The van der Waals surface area contributed by atoms with Crippen LogP contribution >= 0.6 is 0 Å². The maximum atomic E-state index is 12.8. The normalized spacial score (nSPS) is 18.0. The van der Waals surface area contributed by atoms with E-state index < -0.39 is 21.9 Å². The Morgan fingerprint density at radius 1 is 1.08 bits per heavy atom. The van der Waals surface area contributed by atoms with Crippen LogP contribution in [0.4, 0.5) is 9.57 Å². The van der Waals surface area contributed by atoms with Crippen molar-refractivity contribution in [3.8, 4) is 11.5 Å². The zero-order valence-corrected chi connectivity index (χ0v) is 13.6. The predicted octanol–water partition coefficient (Wildman–Crippen LogP) is 3.13. The number of hydrogen-bond acceptors (Lipinski definition) is 4. The van der Waals surface area contributed by atoms with Gasteiger partial charge in [-0.3, -0.25) is 4.79 Å². The van der Waals surface area contributed by atoms with Gasteiger partial charge in [0.05, 0.1) is 5.75 Å². The first-order valence-electron chi connectivity index (χ1n) is 7.46. The van der Waals surface area contributed by atoms with Gasteiger partial charge in [-0.2, -0.15) is 8.42 Å².